The Morgan fingerprint density at radius 3 is 2.04 bits per heavy atom. The van der Waals surface area contributed by atoms with E-state index >= 15 is 0 Å². The van der Waals surface area contributed by atoms with Crippen LogP contribution in [0.4, 0.5) is 16.2 Å². The molecule has 0 radical (unpaired) electrons. The predicted octanol–water partition coefficient (Wildman–Crippen LogP) is 3.45. The lowest BCUT2D eigenvalue weighted by Crippen LogP contribution is -2.46. The highest BCUT2D eigenvalue weighted by molar-refractivity contribution is 5.99. The Hall–Kier alpha value is -3.67. The molecule has 0 spiro atoms. The van der Waals surface area contributed by atoms with Gasteiger partial charge in [-0.05, 0) is 29.8 Å². The molecule has 0 aliphatic rings. The van der Waals surface area contributed by atoms with E-state index in [2.05, 4.69) is 20.9 Å². The number of nitrogens with one attached hydrogen (secondary N) is 3. The third-order valence-electron chi connectivity index (χ3n) is 3.88. The van der Waals surface area contributed by atoms with Crippen molar-refractivity contribution in [1.82, 2.24) is 10.3 Å². The fourth-order valence-electron chi connectivity index (χ4n) is 2.57. The van der Waals surface area contributed by atoms with E-state index in [1.807, 2.05) is 48.5 Å². The standard InChI is InChI=1S/C21H20N4O2/c26-20(23-18-11-13-22-14-12-18)19(15-16-7-3-1-4-8-16)25-21(27)24-17-9-5-2-6-10-17/h1-14,19H,15H2,(H,22,23,26)(H2,24,25,27)/t19-/m0/s1. The second-order valence-corrected chi connectivity index (χ2v) is 5.93. The summed E-state index contributed by atoms with van der Waals surface area (Å²) in [6.07, 6.45) is 3.56. The number of hydrogen-bond acceptors (Lipinski definition) is 3. The first kappa shape index (κ1) is 18.1. The van der Waals surface area contributed by atoms with E-state index in [1.54, 1.807) is 36.7 Å². The average molecular weight is 360 g/mol. The van der Waals surface area contributed by atoms with Crippen LogP contribution >= 0.6 is 0 Å². The van der Waals surface area contributed by atoms with Crippen molar-refractivity contribution in [3.63, 3.8) is 0 Å². The topological polar surface area (TPSA) is 83.1 Å². The maximum atomic E-state index is 12.7. The summed E-state index contributed by atoms with van der Waals surface area (Å²) in [5.41, 5.74) is 2.23. The molecular formula is C21H20N4O2. The molecule has 3 rings (SSSR count). The summed E-state index contributed by atoms with van der Waals surface area (Å²) in [7, 11) is 0. The number of aromatic nitrogens is 1. The minimum atomic E-state index is -0.732. The summed E-state index contributed by atoms with van der Waals surface area (Å²) in [5.74, 6) is -0.298. The fraction of sp³-hybridized carbons (Fsp3) is 0.0952. The fourth-order valence-corrected chi connectivity index (χ4v) is 2.57. The molecule has 0 aliphatic carbocycles. The molecule has 2 aromatic carbocycles. The maximum absolute atomic E-state index is 12.7. The van der Waals surface area contributed by atoms with Crippen molar-refractivity contribution >= 4 is 23.3 Å². The first-order valence-corrected chi connectivity index (χ1v) is 8.58. The van der Waals surface area contributed by atoms with Crippen LogP contribution in [0.5, 0.6) is 0 Å². The second kappa shape index (κ2) is 9.15. The number of anilines is 2. The Morgan fingerprint density at radius 1 is 0.778 bits per heavy atom. The van der Waals surface area contributed by atoms with E-state index < -0.39 is 12.1 Å². The predicted molar refractivity (Wildman–Crippen MR) is 105 cm³/mol. The summed E-state index contributed by atoms with van der Waals surface area (Å²) in [6.45, 7) is 0. The molecule has 136 valence electrons. The van der Waals surface area contributed by atoms with Crippen LogP contribution in [0.25, 0.3) is 0 Å². The van der Waals surface area contributed by atoms with Crippen molar-refractivity contribution in [2.24, 2.45) is 0 Å². The van der Waals surface area contributed by atoms with Gasteiger partial charge >= 0.3 is 6.03 Å². The molecule has 1 aromatic heterocycles. The number of amides is 3. The van der Waals surface area contributed by atoms with Crippen molar-refractivity contribution in [3.8, 4) is 0 Å². The molecule has 3 aromatic rings. The first-order valence-electron chi connectivity index (χ1n) is 8.58. The third kappa shape index (κ3) is 5.67. The molecule has 0 bridgehead atoms. The lowest BCUT2D eigenvalue weighted by atomic mass is 10.1. The average Bonchev–Trinajstić information content (AvgIpc) is 2.70. The second-order valence-electron chi connectivity index (χ2n) is 5.93. The van der Waals surface area contributed by atoms with Gasteiger partial charge in [-0.3, -0.25) is 9.78 Å². The molecule has 0 fully saturated rings. The van der Waals surface area contributed by atoms with Crippen LogP contribution in [-0.2, 0) is 11.2 Å². The molecule has 6 nitrogen and oxygen atoms in total. The lowest BCUT2D eigenvalue weighted by Gasteiger charge is -2.19. The Bertz CT molecular complexity index is 870. The smallest absolute Gasteiger partial charge is 0.319 e. The summed E-state index contributed by atoms with van der Waals surface area (Å²) < 4.78 is 0. The van der Waals surface area contributed by atoms with Gasteiger partial charge in [-0.2, -0.15) is 0 Å². The van der Waals surface area contributed by atoms with Crippen LogP contribution in [0.2, 0.25) is 0 Å². The van der Waals surface area contributed by atoms with Gasteiger partial charge in [0.1, 0.15) is 6.04 Å². The van der Waals surface area contributed by atoms with Crippen molar-refractivity contribution in [2.45, 2.75) is 12.5 Å². The van der Waals surface area contributed by atoms with E-state index in [1.165, 1.54) is 0 Å². The van der Waals surface area contributed by atoms with Crippen LogP contribution in [0.15, 0.2) is 85.2 Å². The van der Waals surface area contributed by atoms with Crippen molar-refractivity contribution in [2.75, 3.05) is 10.6 Å². The van der Waals surface area contributed by atoms with Crippen LogP contribution < -0.4 is 16.0 Å². The number of rotatable bonds is 6. The highest BCUT2D eigenvalue weighted by Crippen LogP contribution is 2.09. The quantitative estimate of drug-likeness (QED) is 0.629. The Kier molecular flexibility index (Phi) is 6.14. The van der Waals surface area contributed by atoms with Crippen LogP contribution in [0, 0.1) is 0 Å². The number of para-hydroxylation sites is 1. The van der Waals surface area contributed by atoms with Crippen LogP contribution in [0.1, 0.15) is 5.56 Å². The lowest BCUT2D eigenvalue weighted by molar-refractivity contribution is -0.117. The van der Waals surface area contributed by atoms with E-state index in [0.29, 0.717) is 17.8 Å². The summed E-state index contributed by atoms with van der Waals surface area (Å²) in [4.78, 5) is 29.0. The molecular weight excluding hydrogens is 340 g/mol. The number of urea groups is 1. The molecule has 0 aliphatic heterocycles. The van der Waals surface area contributed by atoms with Gasteiger partial charge in [0.2, 0.25) is 5.91 Å². The highest BCUT2D eigenvalue weighted by Gasteiger charge is 2.21. The number of carbonyl (C=O) groups excluding carboxylic acids is 2. The van der Waals surface area contributed by atoms with Gasteiger partial charge in [0.25, 0.3) is 0 Å². The molecule has 0 unspecified atom stereocenters. The first-order chi connectivity index (χ1) is 13.2. The summed E-state index contributed by atoms with van der Waals surface area (Å²) in [5, 5.41) is 8.30. The van der Waals surface area contributed by atoms with Gasteiger partial charge in [0, 0.05) is 30.2 Å². The van der Waals surface area contributed by atoms with E-state index in [9.17, 15) is 9.59 Å². The minimum absolute atomic E-state index is 0.298. The van der Waals surface area contributed by atoms with Gasteiger partial charge in [0.15, 0.2) is 0 Å². The Morgan fingerprint density at radius 2 is 1.37 bits per heavy atom. The number of nitrogens with zero attached hydrogens (tertiary/aromatic N) is 1. The zero-order chi connectivity index (χ0) is 18.9. The normalized spacial score (nSPS) is 11.3. The Labute approximate surface area is 157 Å². The minimum Gasteiger partial charge on any atom is -0.326 e. The third-order valence-corrected chi connectivity index (χ3v) is 3.88. The van der Waals surface area contributed by atoms with Gasteiger partial charge in [-0.1, -0.05) is 48.5 Å². The molecule has 3 amide bonds. The Balaban J connectivity index is 1.70. The van der Waals surface area contributed by atoms with Crippen molar-refractivity contribution in [1.29, 1.82) is 0 Å². The van der Waals surface area contributed by atoms with Crippen LogP contribution in [0.3, 0.4) is 0 Å². The van der Waals surface area contributed by atoms with Gasteiger partial charge in [-0.25, -0.2) is 4.79 Å². The largest absolute Gasteiger partial charge is 0.326 e. The van der Waals surface area contributed by atoms with Crippen molar-refractivity contribution in [3.05, 3.63) is 90.8 Å². The van der Waals surface area contributed by atoms with Crippen LogP contribution in [-0.4, -0.2) is 23.0 Å². The zero-order valence-corrected chi connectivity index (χ0v) is 14.6. The monoisotopic (exact) mass is 360 g/mol. The van der Waals surface area contributed by atoms with Gasteiger partial charge < -0.3 is 16.0 Å². The summed E-state index contributed by atoms with van der Waals surface area (Å²) in [6, 6.07) is 20.8. The number of benzene rings is 2. The maximum Gasteiger partial charge on any atom is 0.319 e. The molecule has 0 saturated heterocycles. The van der Waals surface area contributed by atoms with E-state index in [-0.39, 0.29) is 5.91 Å². The molecule has 0 saturated carbocycles. The molecule has 27 heavy (non-hydrogen) atoms. The SMILES string of the molecule is O=C(Nc1ccccc1)N[C@@H](Cc1ccccc1)C(=O)Nc1ccncc1. The van der Waals surface area contributed by atoms with Gasteiger partial charge in [0.05, 0.1) is 0 Å². The van der Waals surface area contributed by atoms with E-state index in [0.717, 1.165) is 5.56 Å². The number of pyridine rings is 1. The molecule has 6 heteroatoms. The van der Waals surface area contributed by atoms with Crippen molar-refractivity contribution < 1.29 is 9.59 Å². The van der Waals surface area contributed by atoms with Gasteiger partial charge in [-0.15, -0.1) is 0 Å². The summed E-state index contributed by atoms with van der Waals surface area (Å²) >= 11 is 0. The number of hydrogen-bond donors (Lipinski definition) is 3. The molecule has 1 atom stereocenters. The zero-order valence-electron chi connectivity index (χ0n) is 14.6. The van der Waals surface area contributed by atoms with E-state index in [4.69, 9.17) is 0 Å². The number of carbonyl (C=O) groups is 2. The molecule has 3 N–H and O–H groups in total. The molecule has 1 heterocycles. The highest BCUT2D eigenvalue weighted by atomic mass is 16.2.